The lowest BCUT2D eigenvalue weighted by Crippen LogP contribution is -2.38. The van der Waals surface area contributed by atoms with Gasteiger partial charge in [-0.3, -0.25) is 4.79 Å². The lowest BCUT2D eigenvalue weighted by molar-refractivity contribution is 0.0692. The van der Waals surface area contributed by atoms with Gasteiger partial charge in [-0.05, 0) is 64.0 Å². The highest BCUT2D eigenvalue weighted by Crippen LogP contribution is 2.27. The summed E-state index contributed by atoms with van der Waals surface area (Å²) in [6.45, 7) is 6.83. The van der Waals surface area contributed by atoms with Crippen molar-refractivity contribution < 1.29 is 9.18 Å². The zero-order valence-electron chi connectivity index (χ0n) is 18.0. The number of fused-ring (bicyclic) bond motifs is 1. The molecular weight excluding hydrogens is 459 g/mol. The molecule has 5 nitrogen and oxygen atoms in total. The first-order valence-corrected chi connectivity index (χ1v) is 11.4. The number of carbonyl (C=O) groups excluding carboxylic acids is 1. The van der Waals surface area contributed by atoms with Gasteiger partial charge in [0.2, 0.25) is 0 Å². The third-order valence-electron chi connectivity index (χ3n) is 5.63. The Bertz CT molecular complexity index is 1170. The number of aromatic nitrogens is 3. The second kappa shape index (κ2) is 8.91. The van der Waals surface area contributed by atoms with Gasteiger partial charge in [0, 0.05) is 28.7 Å². The summed E-state index contributed by atoms with van der Waals surface area (Å²) in [4.78, 5) is 19.9. The molecule has 4 rings (SSSR count). The van der Waals surface area contributed by atoms with Gasteiger partial charge in [-0.2, -0.15) is 5.10 Å². The number of halogens is 2. The molecule has 2 aromatic heterocycles. The Morgan fingerprint density at radius 3 is 2.74 bits per heavy atom. The third kappa shape index (κ3) is 4.56. The van der Waals surface area contributed by atoms with Crippen molar-refractivity contribution in [1.82, 2.24) is 19.5 Å². The van der Waals surface area contributed by atoms with Gasteiger partial charge in [0.25, 0.3) is 5.91 Å². The van der Waals surface area contributed by atoms with Gasteiger partial charge in [0.1, 0.15) is 11.5 Å². The van der Waals surface area contributed by atoms with Crippen molar-refractivity contribution in [3.8, 4) is 11.3 Å². The minimum Gasteiger partial charge on any atom is -0.335 e. The number of carbonyl (C=O) groups is 1. The quantitative estimate of drug-likeness (QED) is 0.449. The number of rotatable bonds is 3. The van der Waals surface area contributed by atoms with Crippen LogP contribution < -0.4 is 0 Å². The van der Waals surface area contributed by atoms with E-state index in [-0.39, 0.29) is 17.8 Å². The molecule has 0 spiro atoms. The summed E-state index contributed by atoms with van der Waals surface area (Å²) in [6.07, 6.45) is 6.28. The van der Waals surface area contributed by atoms with Crippen molar-refractivity contribution in [3.05, 3.63) is 57.6 Å². The molecule has 3 aromatic rings. The Hall–Kier alpha value is -2.54. The molecule has 31 heavy (non-hydrogen) atoms. The molecule has 0 N–H and O–H groups in total. The van der Waals surface area contributed by atoms with Crippen LogP contribution in [0.15, 0.2) is 40.4 Å². The summed E-state index contributed by atoms with van der Waals surface area (Å²) in [5.41, 5.74) is 3.62. The summed E-state index contributed by atoms with van der Waals surface area (Å²) in [7, 11) is 0. The fourth-order valence-corrected chi connectivity index (χ4v) is 4.39. The first kappa shape index (κ1) is 21.7. The predicted octanol–water partition coefficient (Wildman–Crippen LogP) is 6.13. The van der Waals surface area contributed by atoms with Gasteiger partial charge in [-0.15, -0.1) is 0 Å². The first-order valence-electron chi connectivity index (χ1n) is 10.7. The Kier molecular flexibility index (Phi) is 6.23. The summed E-state index contributed by atoms with van der Waals surface area (Å²) >= 11 is 3.29. The molecule has 1 fully saturated rings. The number of hydrogen-bond acceptors (Lipinski definition) is 3. The Labute approximate surface area is 190 Å². The van der Waals surface area contributed by atoms with E-state index in [0.29, 0.717) is 27.1 Å². The fraction of sp³-hybridized carbons (Fsp3) is 0.375. The molecule has 1 amide bonds. The van der Waals surface area contributed by atoms with E-state index in [9.17, 15) is 9.18 Å². The highest BCUT2D eigenvalue weighted by Gasteiger charge is 2.25. The van der Waals surface area contributed by atoms with Gasteiger partial charge in [0.15, 0.2) is 5.65 Å². The van der Waals surface area contributed by atoms with E-state index in [2.05, 4.69) is 32.9 Å². The highest BCUT2D eigenvalue weighted by atomic mass is 79.9. The van der Waals surface area contributed by atoms with Gasteiger partial charge in [0.05, 0.1) is 11.4 Å². The standard InChI is InChI=1S/C24H26BrFN4O/c1-15(2)11-18-13-22(24(31)29-10-6-4-5-7-16(29)3)27-23-14-21(28-30(18)23)19-9-8-17(25)12-20(19)26/h8-9,11-14,16H,4-7,10H2,1-3H3. The van der Waals surface area contributed by atoms with Crippen LogP contribution in [0.1, 0.15) is 62.6 Å². The van der Waals surface area contributed by atoms with Crippen LogP contribution in [0.3, 0.4) is 0 Å². The third-order valence-corrected chi connectivity index (χ3v) is 6.12. The average molecular weight is 485 g/mol. The smallest absolute Gasteiger partial charge is 0.272 e. The van der Waals surface area contributed by atoms with Gasteiger partial charge in [-0.25, -0.2) is 13.9 Å². The first-order chi connectivity index (χ1) is 14.8. The molecule has 1 aromatic carbocycles. The van der Waals surface area contributed by atoms with Gasteiger partial charge in [-0.1, -0.05) is 34.3 Å². The highest BCUT2D eigenvalue weighted by molar-refractivity contribution is 9.10. The fourth-order valence-electron chi connectivity index (χ4n) is 4.06. The molecular formula is C24H26BrFN4O. The van der Waals surface area contributed by atoms with Crippen molar-refractivity contribution in [2.75, 3.05) is 6.54 Å². The van der Waals surface area contributed by atoms with Crippen LogP contribution >= 0.6 is 15.9 Å². The van der Waals surface area contributed by atoms with E-state index < -0.39 is 0 Å². The van der Waals surface area contributed by atoms with Crippen molar-refractivity contribution >= 4 is 33.6 Å². The second-order valence-electron chi connectivity index (χ2n) is 8.41. The normalized spacial score (nSPS) is 16.9. The van der Waals surface area contributed by atoms with E-state index >= 15 is 0 Å². The van der Waals surface area contributed by atoms with Crippen molar-refractivity contribution in [3.63, 3.8) is 0 Å². The van der Waals surface area contributed by atoms with Crippen LogP contribution in [-0.2, 0) is 0 Å². The zero-order chi connectivity index (χ0) is 22.1. The summed E-state index contributed by atoms with van der Waals surface area (Å²) < 4.78 is 16.9. The average Bonchev–Trinajstić information content (AvgIpc) is 3.02. The van der Waals surface area contributed by atoms with Crippen LogP contribution in [-0.4, -0.2) is 38.0 Å². The number of nitrogens with zero attached hydrogens (tertiary/aromatic N) is 4. The molecule has 1 aliphatic heterocycles. The lowest BCUT2D eigenvalue weighted by Gasteiger charge is -2.27. The van der Waals surface area contributed by atoms with E-state index in [4.69, 9.17) is 0 Å². The van der Waals surface area contributed by atoms with Crippen LogP contribution in [0, 0.1) is 5.82 Å². The lowest BCUT2D eigenvalue weighted by atomic mass is 10.1. The second-order valence-corrected chi connectivity index (χ2v) is 9.32. The van der Waals surface area contributed by atoms with Crippen LogP contribution in [0.25, 0.3) is 23.0 Å². The molecule has 0 bridgehead atoms. The molecule has 0 saturated carbocycles. The number of likely N-dealkylation sites (tertiary alicyclic amines) is 1. The van der Waals surface area contributed by atoms with E-state index in [0.717, 1.165) is 43.5 Å². The van der Waals surface area contributed by atoms with Crippen molar-refractivity contribution in [2.45, 2.75) is 52.5 Å². The molecule has 1 atom stereocenters. The topological polar surface area (TPSA) is 50.5 Å². The summed E-state index contributed by atoms with van der Waals surface area (Å²) in [6, 6.07) is 8.60. The number of benzene rings is 1. The predicted molar refractivity (Wildman–Crippen MR) is 124 cm³/mol. The molecule has 162 valence electrons. The SMILES string of the molecule is CC(C)=Cc1cc(C(=O)N2CCCCCC2C)nc2cc(-c3ccc(Br)cc3F)nn12. The molecule has 0 radical (unpaired) electrons. The minimum atomic E-state index is -0.365. The van der Waals surface area contributed by atoms with Crippen molar-refractivity contribution in [2.24, 2.45) is 0 Å². The van der Waals surface area contributed by atoms with E-state index in [1.165, 1.54) is 6.07 Å². The zero-order valence-corrected chi connectivity index (χ0v) is 19.6. The maximum Gasteiger partial charge on any atom is 0.272 e. The van der Waals surface area contributed by atoms with Crippen molar-refractivity contribution in [1.29, 1.82) is 0 Å². The Balaban J connectivity index is 1.82. The monoisotopic (exact) mass is 484 g/mol. The molecule has 7 heteroatoms. The minimum absolute atomic E-state index is 0.0575. The summed E-state index contributed by atoms with van der Waals surface area (Å²) in [5, 5.41) is 4.60. The Morgan fingerprint density at radius 2 is 2.00 bits per heavy atom. The van der Waals surface area contributed by atoms with Gasteiger partial charge >= 0.3 is 0 Å². The largest absolute Gasteiger partial charge is 0.335 e. The van der Waals surface area contributed by atoms with Crippen LogP contribution in [0.2, 0.25) is 0 Å². The molecule has 1 saturated heterocycles. The Morgan fingerprint density at radius 1 is 1.19 bits per heavy atom. The number of amides is 1. The van der Waals surface area contributed by atoms with E-state index in [1.807, 2.05) is 24.8 Å². The van der Waals surface area contributed by atoms with E-state index in [1.54, 1.807) is 28.8 Å². The van der Waals surface area contributed by atoms with Crippen LogP contribution in [0.5, 0.6) is 0 Å². The number of allylic oxidation sites excluding steroid dienone is 1. The maximum atomic E-state index is 14.5. The number of hydrogen-bond donors (Lipinski definition) is 0. The molecule has 3 heterocycles. The maximum absolute atomic E-state index is 14.5. The summed E-state index contributed by atoms with van der Waals surface area (Å²) in [5.74, 6) is -0.422. The molecule has 0 aliphatic carbocycles. The molecule has 1 aliphatic rings. The van der Waals surface area contributed by atoms with Gasteiger partial charge < -0.3 is 4.90 Å². The van der Waals surface area contributed by atoms with Crippen LogP contribution in [0.4, 0.5) is 4.39 Å². The molecule has 1 unspecified atom stereocenters.